The Morgan fingerprint density at radius 2 is 1.79 bits per heavy atom. The van der Waals surface area contributed by atoms with Gasteiger partial charge in [-0.25, -0.2) is 0 Å². The lowest BCUT2D eigenvalue weighted by Crippen LogP contribution is -2.20. The van der Waals surface area contributed by atoms with Crippen LogP contribution in [0.5, 0.6) is 11.5 Å². The average Bonchev–Trinajstić information content (AvgIpc) is 2.87. The molecule has 1 aromatic carbocycles. The number of nitrogens with two attached hydrogens (primary N) is 1. The van der Waals surface area contributed by atoms with E-state index in [2.05, 4.69) is 0 Å². The molecule has 3 heteroatoms. The fourth-order valence-electron chi connectivity index (χ4n) is 1.81. The summed E-state index contributed by atoms with van der Waals surface area (Å²) in [6.07, 6.45) is 1.91. The summed E-state index contributed by atoms with van der Waals surface area (Å²) in [5.74, 6) is -0.102. The van der Waals surface area contributed by atoms with Gasteiger partial charge in [0.25, 0.3) is 0 Å². The molecular weight excluding hydrogens is 178 g/mol. The maximum absolute atomic E-state index is 9.51. The Labute approximate surface area is 83.2 Å². The van der Waals surface area contributed by atoms with Crippen LogP contribution in [0.25, 0.3) is 0 Å². The lowest BCUT2D eigenvalue weighted by Gasteiger charge is -2.16. The molecule has 0 atom stereocenters. The third-order valence-corrected chi connectivity index (χ3v) is 3.17. The molecule has 0 saturated heterocycles. The second kappa shape index (κ2) is 2.64. The van der Waals surface area contributed by atoms with Crippen LogP contribution < -0.4 is 5.73 Å². The van der Waals surface area contributed by atoms with Crippen LogP contribution in [0.1, 0.15) is 29.5 Å². The van der Waals surface area contributed by atoms with Crippen molar-refractivity contribution in [2.24, 2.45) is 5.73 Å². The molecule has 1 aliphatic rings. The van der Waals surface area contributed by atoms with Gasteiger partial charge in [0.2, 0.25) is 0 Å². The molecule has 1 aromatic rings. The molecule has 0 aliphatic heterocycles. The van der Waals surface area contributed by atoms with Gasteiger partial charge in [0, 0.05) is 5.54 Å². The molecule has 0 amide bonds. The second-order valence-corrected chi connectivity index (χ2v) is 4.20. The van der Waals surface area contributed by atoms with Crippen LogP contribution in [-0.2, 0) is 5.54 Å². The van der Waals surface area contributed by atoms with Crippen LogP contribution in [0.2, 0.25) is 0 Å². The molecule has 0 spiro atoms. The van der Waals surface area contributed by atoms with Crippen molar-refractivity contribution in [2.45, 2.75) is 32.2 Å². The Kier molecular flexibility index (Phi) is 1.76. The van der Waals surface area contributed by atoms with Gasteiger partial charge >= 0.3 is 0 Å². The number of aromatic hydroxyl groups is 2. The molecule has 1 aliphatic carbocycles. The van der Waals surface area contributed by atoms with Gasteiger partial charge in [-0.1, -0.05) is 0 Å². The Hall–Kier alpha value is -1.22. The molecule has 1 fully saturated rings. The van der Waals surface area contributed by atoms with Gasteiger partial charge in [-0.15, -0.1) is 0 Å². The van der Waals surface area contributed by atoms with E-state index in [0.29, 0.717) is 0 Å². The summed E-state index contributed by atoms with van der Waals surface area (Å²) in [5.41, 5.74) is 8.47. The third kappa shape index (κ3) is 1.16. The molecule has 1 saturated carbocycles. The summed E-state index contributed by atoms with van der Waals surface area (Å²) in [7, 11) is 0. The smallest absolute Gasteiger partial charge is 0.160 e. The monoisotopic (exact) mass is 193 g/mol. The summed E-state index contributed by atoms with van der Waals surface area (Å²) in [6.45, 7) is 3.72. The van der Waals surface area contributed by atoms with Crippen molar-refractivity contribution >= 4 is 0 Å². The van der Waals surface area contributed by atoms with E-state index in [0.717, 1.165) is 29.5 Å². The van der Waals surface area contributed by atoms with Crippen LogP contribution in [-0.4, -0.2) is 10.2 Å². The second-order valence-electron chi connectivity index (χ2n) is 4.20. The van der Waals surface area contributed by atoms with Crippen molar-refractivity contribution < 1.29 is 10.2 Å². The number of hydrogen-bond acceptors (Lipinski definition) is 3. The van der Waals surface area contributed by atoms with Gasteiger partial charge in [0.05, 0.1) is 0 Å². The highest BCUT2D eigenvalue weighted by atomic mass is 16.3. The first kappa shape index (κ1) is 9.34. The van der Waals surface area contributed by atoms with E-state index in [1.54, 1.807) is 13.0 Å². The molecule has 76 valence electrons. The Morgan fingerprint density at radius 3 is 2.29 bits per heavy atom. The molecule has 0 radical (unpaired) electrons. The summed E-state index contributed by atoms with van der Waals surface area (Å²) >= 11 is 0. The van der Waals surface area contributed by atoms with E-state index >= 15 is 0 Å². The molecule has 0 bridgehead atoms. The minimum atomic E-state index is -0.264. The summed E-state index contributed by atoms with van der Waals surface area (Å²) in [6, 6.07) is 1.59. The van der Waals surface area contributed by atoms with Crippen molar-refractivity contribution in [3.63, 3.8) is 0 Å². The zero-order valence-electron chi connectivity index (χ0n) is 8.46. The Morgan fingerprint density at radius 1 is 1.21 bits per heavy atom. The first-order valence-corrected chi connectivity index (χ1v) is 4.77. The SMILES string of the molecule is Cc1c(C2(N)CC2)cc(O)c(O)c1C. The minimum absolute atomic E-state index is 0.0319. The minimum Gasteiger partial charge on any atom is -0.504 e. The van der Waals surface area contributed by atoms with Crippen molar-refractivity contribution in [3.05, 3.63) is 22.8 Å². The normalized spacial score (nSPS) is 18.2. The fourth-order valence-corrected chi connectivity index (χ4v) is 1.81. The van der Waals surface area contributed by atoms with Crippen LogP contribution in [0.4, 0.5) is 0 Å². The molecule has 4 N–H and O–H groups in total. The van der Waals surface area contributed by atoms with E-state index in [4.69, 9.17) is 5.73 Å². The lowest BCUT2D eigenvalue weighted by atomic mass is 9.95. The average molecular weight is 193 g/mol. The zero-order valence-corrected chi connectivity index (χ0v) is 8.46. The van der Waals surface area contributed by atoms with Crippen molar-refractivity contribution in [1.82, 2.24) is 0 Å². The molecular formula is C11H15NO2. The van der Waals surface area contributed by atoms with E-state index in [-0.39, 0.29) is 17.0 Å². The summed E-state index contributed by atoms with van der Waals surface area (Å²) < 4.78 is 0. The number of phenols is 2. The largest absolute Gasteiger partial charge is 0.504 e. The van der Waals surface area contributed by atoms with Crippen molar-refractivity contribution in [1.29, 1.82) is 0 Å². The Balaban J connectivity index is 2.62. The van der Waals surface area contributed by atoms with Crippen molar-refractivity contribution in [2.75, 3.05) is 0 Å². The quantitative estimate of drug-likeness (QED) is 0.594. The number of benzene rings is 1. The lowest BCUT2D eigenvalue weighted by molar-refractivity contribution is 0.399. The Bertz CT molecular complexity index is 395. The summed E-state index contributed by atoms with van der Waals surface area (Å²) in [5, 5.41) is 19.0. The van der Waals surface area contributed by atoms with Crippen LogP contribution in [0.3, 0.4) is 0 Å². The van der Waals surface area contributed by atoms with E-state index < -0.39 is 0 Å². The highest BCUT2D eigenvalue weighted by Gasteiger charge is 2.41. The molecule has 0 aromatic heterocycles. The van der Waals surface area contributed by atoms with Crippen molar-refractivity contribution in [3.8, 4) is 11.5 Å². The predicted molar refractivity (Wildman–Crippen MR) is 54.3 cm³/mol. The van der Waals surface area contributed by atoms with Gasteiger partial charge in [0.15, 0.2) is 11.5 Å². The van der Waals surface area contributed by atoms with Crippen LogP contribution in [0.15, 0.2) is 6.07 Å². The van der Waals surface area contributed by atoms with Gasteiger partial charge in [-0.3, -0.25) is 0 Å². The van der Waals surface area contributed by atoms with Gasteiger partial charge < -0.3 is 15.9 Å². The molecule has 2 rings (SSSR count). The topological polar surface area (TPSA) is 66.5 Å². The summed E-state index contributed by atoms with van der Waals surface area (Å²) in [4.78, 5) is 0. The molecule has 14 heavy (non-hydrogen) atoms. The first-order valence-electron chi connectivity index (χ1n) is 4.77. The van der Waals surface area contributed by atoms with E-state index in [1.165, 1.54) is 0 Å². The highest BCUT2D eigenvalue weighted by Crippen LogP contribution is 2.47. The maximum Gasteiger partial charge on any atom is 0.160 e. The molecule has 3 nitrogen and oxygen atoms in total. The number of hydrogen-bond donors (Lipinski definition) is 3. The number of rotatable bonds is 1. The van der Waals surface area contributed by atoms with E-state index in [9.17, 15) is 10.2 Å². The third-order valence-electron chi connectivity index (χ3n) is 3.17. The highest BCUT2D eigenvalue weighted by molar-refractivity contribution is 5.54. The molecule has 0 unspecified atom stereocenters. The first-order chi connectivity index (χ1) is 6.46. The predicted octanol–water partition coefficient (Wildman–Crippen LogP) is 1.66. The molecule has 0 heterocycles. The van der Waals surface area contributed by atoms with Crippen LogP contribution >= 0.6 is 0 Å². The fraction of sp³-hybridized carbons (Fsp3) is 0.455. The maximum atomic E-state index is 9.51. The zero-order chi connectivity index (χ0) is 10.5. The van der Waals surface area contributed by atoms with Gasteiger partial charge in [0.1, 0.15) is 0 Å². The van der Waals surface area contributed by atoms with Crippen LogP contribution in [0, 0.1) is 13.8 Å². The number of phenolic OH excluding ortho intramolecular Hbond substituents is 2. The standard InChI is InChI=1S/C11H15NO2/c1-6-7(2)10(14)9(13)5-8(6)11(12)3-4-11/h5,13-14H,3-4,12H2,1-2H3. The van der Waals surface area contributed by atoms with Gasteiger partial charge in [-0.05, 0) is 49.4 Å². The van der Waals surface area contributed by atoms with E-state index in [1.807, 2.05) is 6.92 Å². The van der Waals surface area contributed by atoms with Gasteiger partial charge in [-0.2, -0.15) is 0 Å².